The second-order valence-electron chi connectivity index (χ2n) is 6.82. The van der Waals surface area contributed by atoms with Crippen LogP contribution in [0.4, 0.5) is 0 Å². The van der Waals surface area contributed by atoms with E-state index < -0.39 is 5.69 Å². The summed E-state index contributed by atoms with van der Waals surface area (Å²) in [6.45, 7) is 1.54. The van der Waals surface area contributed by atoms with E-state index in [0.29, 0.717) is 60.9 Å². The average molecular weight is 565 g/mol. The van der Waals surface area contributed by atoms with Gasteiger partial charge in [-0.05, 0) is 52.6 Å². The zero-order chi connectivity index (χ0) is 21.7. The molecule has 1 atom stereocenters. The molecule has 0 fully saturated rings. The van der Waals surface area contributed by atoms with E-state index in [-0.39, 0.29) is 18.7 Å². The van der Waals surface area contributed by atoms with Gasteiger partial charge in [0, 0.05) is 38.2 Å². The topological polar surface area (TPSA) is 91.3 Å². The van der Waals surface area contributed by atoms with Crippen molar-refractivity contribution in [2.75, 3.05) is 13.2 Å². The number of nitrogens with zero attached hydrogens (tertiary/aromatic N) is 4. The van der Waals surface area contributed by atoms with Crippen molar-refractivity contribution in [1.82, 2.24) is 18.7 Å². The molecule has 1 N–H and O–H groups in total. The minimum Gasteiger partial charge on any atom is -0.396 e. The van der Waals surface area contributed by atoms with Crippen LogP contribution in [-0.4, -0.2) is 37.0 Å². The molecule has 3 rings (SSSR count). The molecule has 8 nitrogen and oxygen atoms in total. The van der Waals surface area contributed by atoms with Crippen LogP contribution in [0.5, 0.6) is 0 Å². The molecular weight excluding hydrogens is 542 g/mol. The highest BCUT2D eigenvalue weighted by Crippen LogP contribution is 2.21. The summed E-state index contributed by atoms with van der Waals surface area (Å²) in [5, 5.41) is 9.90. The lowest BCUT2D eigenvalue weighted by Gasteiger charge is -2.11. The first kappa shape index (κ1) is 23.4. The van der Waals surface area contributed by atoms with Gasteiger partial charge in [0.2, 0.25) is 0 Å². The number of imidazole rings is 1. The Hall–Kier alpha value is -1.26. The largest absolute Gasteiger partial charge is 0.396 e. The van der Waals surface area contributed by atoms with Gasteiger partial charge in [0.05, 0.1) is 13.1 Å². The van der Waals surface area contributed by atoms with Gasteiger partial charge in [-0.1, -0.05) is 23.7 Å². The third kappa shape index (κ3) is 5.13. The van der Waals surface area contributed by atoms with Crippen molar-refractivity contribution in [2.45, 2.75) is 32.4 Å². The third-order valence-electron chi connectivity index (χ3n) is 4.81. The van der Waals surface area contributed by atoms with Gasteiger partial charge in [-0.3, -0.25) is 13.9 Å². The van der Waals surface area contributed by atoms with Crippen LogP contribution < -0.4 is 11.2 Å². The van der Waals surface area contributed by atoms with E-state index in [1.807, 2.05) is 16.7 Å². The molecule has 0 aliphatic carbocycles. The molecule has 0 saturated heterocycles. The zero-order valence-electron chi connectivity index (χ0n) is 16.5. The first-order valence-electron chi connectivity index (χ1n) is 9.49. The van der Waals surface area contributed by atoms with Crippen LogP contribution >= 0.6 is 40.1 Å². The molecule has 0 bridgehead atoms. The number of hydrogen-bond donors (Lipinski definition) is 1. The second-order valence-corrected chi connectivity index (χ2v) is 9.02. The molecule has 0 spiro atoms. The van der Waals surface area contributed by atoms with Crippen LogP contribution in [0.15, 0.2) is 33.9 Å². The molecule has 1 unspecified atom stereocenters. The molecule has 162 valence electrons. The Morgan fingerprint density at radius 2 is 1.93 bits per heavy atom. The normalized spacial score (nSPS) is 11.9. The first-order valence-corrected chi connectivity index (χ1v) is 13.9. The third-order valence-corrected chi connectivity index (χ3v) is 6.31. The predicted molar refractivity (Wildman–Crippen MR) is 128 cm³/mol. The molecule has 0 saturated carbocycles. The fourth-order valence-corrected chi connectivity index (χ4v) is 4.33. The van der Waals surface area contributed by atoms with Gasteiger partial charge in [0.1, 0.15) is 5.82 Å². The highest BCUT2D eigenvalue weighted by atomic mass is 127. The number of aromatic nitrogens is 4. The number of hydrogen-bond acceptors (Lipinski definition) is 5. The fourth-order valence-electron chi connectivity index (χ4n) is 3.32. The van der Waals surface area contributed by atoms with Crippen molar-refractivity contribution in [3.63, 3.8) is 0 Å². The zero-order valence-corrected chi connectivity index (χ0v) is 20.4. The maximum atomic E-state index is 13.3. The summed E-state index contributed by atoms with van der Waals surface area (Å²) in [5.74, 6) is 0.660. The van der Waals surface area contributed by atoms with E-state index in [1.54, 1.807) is 19.2 Å². The average Bonchev–Trinajstić information content (AvgIpc) is 3.10. The van der Waals surface area contributed by atoms with Crippen molar-refractivity contribution in [1.29, 1.82) is 0 Å². The lowest BCUT2D eigenvalue weighted by molar-refractivity contribution is 0.287. The monoisotopic (exact) mass is 564 g/mol. The Kier molecular flexibility index (Phi) is 8.47. The van der Waals surface area contributed by atoms with Crippen LogP contribution in [-0.2, 0) is 31.1 Å². The van der Waals surface area contributed by atoms with Crippen LogP contribution in [0.1, 0.15) is 24.2 Å². The number of fused-ring (bicyclic) bond motifs is 1. The van der Waals surface area contributed by atoms with Crippen molar-refractivity contribution >= 4 is 51.3 Å². The summed E-state index contributed by atoms with van der Waals surface area (Å²) in [4.78, 5) is 30.7. The Morgan fingerprint density at radius 3 is 2.60 bits per heavy atom. The number of aliphatic hydroxyl groups excluding tert-OH is 1. The van der Waals surface area contributed by atoms with Crippen LogP contribution in [0.2, 0.25) is 5.02 Å². The van der Waals surface area contributed by atoms with E-state index in [2.05, 4.69) is 27.0 Å². The standard InChI is InChI=1S/C19H23ClIN4O4P/c1-23-17-16(18(27)24(19(23)28)9-3-11-29-30-21)25(15(22-17)4-2-10-26)12-13-5-7-14(20)8-6-13/h5-8,26,30H,2-4,9-12H2,1H3. The summed E-state index contributed by atoms with van der Waals surface area (Å²) in [5.41, 5.74) is 0.945. The highest BCUT2D eigenvalue weighted by molar-refractivity contribution is 14.2. The van der Waals surface area contributed by atoms with Gasteiger partial charge in [0.15, 0.2) is 11.2 Å². The SMILES string of the molecule is Cn1c(=O)n(CCCOPI)c(=O)c2c1nc(CCCO)n2Cc1ccc(Cl)cc1. The maximum Gasteiger partial charge on any atom is 0.332 e. The van der Waals surface area contributed by atoms with Gasteiger partial charge in [-0.25, -0.2) is 9.78 Å². The van der Waals surface area contributed by atoms with Crippen molar-refractivity contribution in [3.8, 4) is 0 Å². The molecule has 2 heterocycles. The van der Waals surface area contributed by atoms with E-state index in [0.717, 1.165) is 5.56 Å². The number of aliphatic hydroxyl groups is 1. The molecule has 0 amide bonds. The van der Waals surface area contributed by atoms with Crippen LogP contribution in [0, 0.1) is 0 Å². The van der Waals surface area contributed by atoms with E-state index in [4.69, 9.17) is 16.1 Å². The lowest BCUT2D eigenvalue weighted by atomic mass is 10.2. The minimum atomic E-state index is -0.394. The van der Waals surface area contributed by atoms with E-state index in [1.165, 1.54) is 9.13 Å². The quantitative estimate of drug-likeness (QED) is 0.232. The molecule has 0 radical (unpaired) electrons. The first-order chi connectivity index (χ1) is 14.5. The summed E-state index contributed by atoms with van der Waals surface area (Å²) in [7, 11) is 1.62. The molecule has 1 aromatic carbocycles. The molecule has 0 aliphatic heterocycles. The summed E-state index contributed by atoms with van der Waals surface area (Å²) >= 11 is 8.13. The second kappa shape index (κ2) is 10.9. The van der Waals surface area contributed by atoms with Crippen LogP contribution in [0.3, 0.4) is 0 Å². The maximum absolute atomic E-state index is 13.3. The predicted octanol–water partition coefficient (Wildman–Crippen LogP) is 2.87. The summed E-state index contributed by atoms with van der Waals surface area (Å²) < 4.78 is 9.86. The van der Waals surface area contributed by atoms with Crippen molar-refractivity contribution < 1.29 is 9.63 Å². The minimum absolute atomic E-state index is 0.0186. The van der Waals surface area contributed by atoms with Gasteiger partial charge in [-0.15, -0.1) is 0 Å². The van der Waals surface area contributed by atoms with E-state index in [9.17, 15) is 14.7 Å². The number of benzene rings is 1. The molecule has 11 heteroatoms. The number of rotatable bonds is 10. The van der Waals surface area contributed by atoms with Crippen molar-refractivity contribution in [2.24, 2.45) is 7.05 Å². The van der Waals surface area contributed by atoms with Crippen LogP contribution in [0.25, 0.3) is 11.2 Å². The molecule has 30 heavy (non-hydrogen) atoms. The molecule has 2 aromatic heterocycles. The van der Waals surface area contributed by atoms with E-state index >= 15 is 0 Å². The Balaban J connectivity index is 2.12. The van der Waals surface area contributed by atoms with Crippen molar-refractivity contribution in [3.05, 3.63) is 61.5 Å². The highest BCUT2D eigenvalue weighted by Gasteiger charge is 2.20. The summed E-state index contributed by atoms with van der Waals surface area (Å²) in [6.07, 6.45) is 1.58. The Bertz CT molecular complexity index is 1130. The number of aryl methyl sites for hydroxylation is 2. The summed E-state index contributed by atoms with van der Waals surface area (Å²) in [6, 6.07) is 7.38. The van der Waals surface area contributed by atoms with Gasteiger partial charge >= 0.3 is 5.69 Å². The van der Waals surface area contributed by atoms with Gasteiger partial charge < -0.3 is 14.2 Å². The van der Waals surface area contributed by atoms with Gasteiger partial charge in [-0.2, -0.15) is 0 Å². The molecular formula is C19H23ClIN4O4P. The lowest BCUT2D eigenvalue weighted by Crippen LogP contribution is -2.40. The smallest absolute Gasteiger partial charge is 0.332 e. The fraction of sp³-hybridized carbons (Fsp3) is 0.421. The Morgan fingerprint density at radius 1 is 1.20 bits per heavy atom. The number of halogens is 2. The van der Waals surface area contributed by atoms with Gasteiger partial charge in [0.25, 0.3) is 5.56 Å². The molecule has 3 aromatic rings. The molecule has 0 aliphatic rings. The Labute approximate surface area is 193 Å².